The molecule has 0 heterocycles. The summed E-state index contributed by atoms with van der Waals surface area (Å²) >= 11 is 3.52. The van der Waals surface area contributed by atoms with Crippen molar-refractivity contribution in [3.63, 3.8) is 0 Å². The Balaban J connectivity index is 2.13. The number of aryl methyl sites for hydroxylation is 2. The largest absolute Gasteiger partial charge is 0.380 e. The van der Waals surface area contributed by atoms with Gasteiger partial charge in [-0.25, -0.2) is 4.39 Å². The first-order chi connectivity index (χ1) is 8.56. The number of halogens is 2. The van der Waals surface area contributed by atoms with Crippen LogP contribution >= 0.6 is 15.9 Å². The summed E-state index contributed by atoms with van der Waals surface area (Å²) in [6, 6.07) is 11.0. The van der Waals surface area contributed by atoms with E-state index >= 15 is 0 Å². The van der Waals surface area contributed by atoms with Gasteiger partial charge in [-0.15, -0.1) is 0 Å². The molecule has 2 aromatic carbocycles. The Hall–Kier alpha value is -1.35. The number of benzene rings is 2. The van der Waals surface area contributed by atoms with E-state index in [1.165, 1.54) is 11.6 Å². The SMILES string of the molecule is Cc1ccc(NCc2cc(F)ccc2C)c(Br)c1. The third-order valence-corrected chi connectivity index (χ3v) is 3.56. The highest BCUT2D eigenvalue weighted by Gasteiger charge is 2.03. The Morgan fingerprint density at radius 2 is 1.89 bits per heavy atom. The fourth-order valence-corrected chi connectivity index (χ4v) is 2.42. The van der Waals surface area contributed by atoms with Crippen molar-refractivity contribution in [1.82, 2.24) is 0 Å². The monoisotopic (exact) mass is 307 g/mol. The maximum Gasteiger partial charge on any atom is 0.123 e. The van der Waals surface area contributed by atoms with Gasteiger partial charge in [0.1, 0.15) is 5.82 Å². The molecule has 0 aliphatic heterocycles. The Kier molecular flexibility index (Phi) is 4.02. The van der Waals surface area contributed by atoms with E-state index in [2.05, 4.69) is 27.3 Å². The van der Waals surface area contributed by atoms with Gasteiger partial charge in [0.2, 0.25) is 0 Å². The van der Waals surface area contributed by atoms with E-state index in [1.54, 1.807) is 12.1 Å². The molecule has 0 atom stereocenters. The third-order valence-electron chi connectivity index (χ3n) is 2.91. The van der Waals surface area contributed by atoms with Crippen LogP contribution in [0.3, 0.4) is 0 Å². The highest BCUT2D eigenvalue weighted by molar-refractivity contribution is 9.10. The molecule has 0 amide bonds. The van der Waals surface area contributed by atoms with Crippen molar-refractivity contribution in [2.24, 2.45) is 0 Å². The smallest absolute Gasteiger partial charge is 0.123 e. The fraction of sp³-hybridized carbons (Fsp3) is 0.200. The van der Waals surface area contributed by atoms with Crippen molar-refractivity contribution in [2.45, 2.75) is 20.4 Å². The zero-order valence-corrected chi connectivity index (χ0v) is 12.0. The molecular weight excluding hydrogens is 293 g/mol. The lowest BCUT2D eigenvalue weighted by atomic mass is 10.1. The van der Waals surface area contributed by atoms with Crippen LogP contribution in [0.1, 0.15) is 16.7 Å². The zero-order valence-electron chi connectivity index (χ0n) is 10.4. The lowest BCUT2D eigenvalue weighted by Gasteiger charge is -2.11. The minimum absolute atomic E-state index is 0.194. The molecule has 94 valence electrons. The van der Waals surface area contributed by atoms with Gasteiger partial charge in [-0.05, 0) is 70.7 Å². The van der Waals surface area contributed by atoms with Gasteiger partial charge in [0.25, 0.3) is 0 Å². The highest BCUT2D eigenvalue weighted by Crippen LogP contribution is 2.24. The Bertz CT molecular complexity index is 566. The predicted octanol–water partition coefficient (Wildman–Crippen LogP) is 4.82. The van der Waals surface area contributed by atoms with E-state index in [1.807, 2.05) is 26.0 Å². The average molecular weight is 308 g/mol. The van der Waals surface area contributed by atoms with Crippen LogP contribution in [-0.2, 0) is 6.54 Å². The molecule has 1 N–H and O–H groups in total. The van der Waals surface area contributed by atoms with Crippen LogP contribution in [0.5, 0.6) is 0 Å². The first kappa shape index (κ1) is 13.1. The third kappa shape index (κ3) is 3.10. The highest BCUT2D eigenvalue weighted by atomic mass is 79.9. The van der Waals surface area contributed by atoms with Crippen molar-refractivity contribution >= 4 is 21.6 Å². The molecule has 0 aromatic heterocycles. The first-order valence-electron chi connectivity index (χ1n) is 5.81. The first-order valence-corrected chi connectivity index (χ1v) is 6.60. The van der Waals surface area contributed by atoms with E-state index < -0.39 is 0 Å². The minimum atomic E-state index is -0.194. The molecule has 18 heavy (non-hydrogen) atoms. The quantitative estimate of drug-likeness (QED) is 0.857. The Labute approximate surface area is 115 Å². The van der Waals surface area contributed by atoms with Crippen LogP contribution in [0.4, 0.5) is 10.1 Å². The number of hydrogen-bond donors (Lipinski definition) is 1. The maximum absolute atomic E-state index is 13.2. The van der Waals surface area contributed by atoms with Crippen molar-refractivity contribution in [3.8, 4) is 0 Å². The predicted molar refractivity (Wildman–Crippen MR) is 77.3 cm³/mol. The lowest BCUT2D eigenvalue weighted by molar-refractivity contribution is 0.625. The zero-order chi connectivity index (χ0) is 13.1. The van der Waals surface area contributed by atoms with Gasteiger partial charge < -0.3 is 5.32 Å². The van der Waals surface area contributed by atoms with Gasteiger partial charge in [0.05, 0.1) is 0 Å². The van der Waals surface area contributed by atoms with Gasteiger partial charge in [0.15, 0.2) is 0 Å². The summed E-state index contributed by atoms with van der Waals surface area (Å²) in [5.74, 6) is -0.194. The lowest BCUT2D eigenvalue weighted by Crippen LogP contribution is -2.02. The average Bonchev–Trinajstić information content (AvgIpc) is 2.32. The van der Waals surface area contributed by atoms with Crippen LogP contribution in [0.2, 0.25) is 0 Å². The number of nitrogens with one attached hydrogen (secondary N) is 1. The minimum Gasteiger partial charge on any atom is -0.380 e. The molecule has 0 bridgehead atoms. The molecule has 0 saturated heterocycles. The molecule has 0 fully saturated rings. The number of hydrogen-bond acceptors (Lipinski definition) is 1. The molecule has 0 saturated carbocycles. The molecule has 0 radical (unpaired) electrons. The number of anilines is 1. The van der Waals surface area contributed by atoms with Crippen LogP contribution < -0.4 is 5.32 Å². The van der Waals surface area contributed by atoms with Gasteiger partial charge >= 0.3 is 0 Å². The summed E-state index contributed by atoms with van der Waals surface area (Å²) in [6.07, 6.45) is 0. The van der Waals surface area contributed by atoms with Gasteiger partial charge in [-0.2, -0.15) is 0 Å². The van der Waals surface area contributed by atoms with Crippen molar-refractivity contribution < 1.29 is 4.39 Å². The second kappa shape index (κ2) is 5.53. The molecule has 1 nitrogen and oxygen atoms in total. The Morgan fingerprint density at radius 3 is 2.61 bits per heavy atom. The summed E-state index contributed by atoms with van der Waals surface area (Å²) in [5.41, 5.74) is 4.29. The molecule has 0 aliphatic carbocycles. The van der Waals surface area contributed by atoms with Crippen LogP contribution in [0.25, 0.3) is 0 Å². The second-order valence-electron chi connectivity index (χ2n) is 4.41. The topological polar surface area (TPSA) is 12.0 Å². The van der Waals surface area contributed by atoms with E-state index in [9.17, 15) is 4.39 Å². The maximum atomic E-state index is 13.2. The summed E-state index contributed by atoms with van der Waals surface area (Å²) in [4.78, 5) is 0. The fourth-order valence-electron chi connectivity index (χ4n) is 1.78. The molecule has 0 unspecified atom stereocenters. The second-order valence-corrected chi connectivity index (χ2v) is 5.26. The van der Waals surface area contributed by atoms with Gasteiger partial charge in [-0.1, -0.05) is 12.1 Å². The Morgan fingerprint density at radius 1 is 1.11 bits per heavy atom. The van der Waals surface area contributed by atoms with E-state index in [0.717, 1.165) is 21.3 Å². The van der Waals surface area contributed by atoms with Crippen LogP contribution in [0.15, 0.2) is 40.9 Å². The molecule has 3 heteroatoms. The van der Waals surface area contributed by atoms with Crippen molar-refractivity contribution in [2.75, 3.05) is 5.32 Å². The summed E-state index contributed by atoms with van der Waals surface area (Å²) in [5, 5.41) is 3.31. The van der Waals surface area contributed by atoms with E-state index in [4.69, 9.17) is 0 Å². The summed E-state index contributed by atoms with van der Waals surface area (Å²) in [6.45, 7) is 4.65. The van der Waals surface area contributed by atoms with Crippen LogP contribution in [-0.4, -0.2) is 0 Å². The van der Waals surface area contributed by atoms with E-state index in [-0.39, 0.29) is 5.82 Å². The van der Waals surface area contributed by atoms with Crippen molar-refractivity contribution in [3.05, 3.63) is 63.4 Å². The summed E-state index contributed by atoms with van der Waals surface area (Å²) in [7, 11) is 0. The van der Waals surface area contributed by atoms with E-state index in [0.29, 0.717) is 6.54 Å². The van der Waals surface area contributed by atoms with Crippen molar-refractivity contribution in [1.29, 1.82) is 0 Å². The molecule has 2 rings (SSSR count). The van der Waals surface area contributed by atoms with Gasteiger partial charge in [-0.3, -0.25) is 0 Å². The molecule has 2 aromatic rings. The summed E-state index contributed by atoms with van der Waals surface area (Å²) < 4.78 is 14.2. The normalized spacial score (nSPS) is 10.4. The van der Waals surface area contributed by atoms with Crippen LogP contribution in [0, 0.1) is 19.7 Å². The molecule has 0 aliphatic rings. The van der Waals surface area contributed by atoms with Gasteiger partial charge in [0, 0.05) is 16.7 Å². The number of rotatable bonds is 3. The molecule has 0 spiro atoms. The standard InChI is InChI=1S/C15H15BrFN/c1-10-3-6-15(14(16)7-10)18-9-12-8-13(17)5-4-11(12)2/h3-8,18H,9H2,1-2H3. The molecular formula is C15H15BrFN.